The summed E-state index contributed by atoms with van der Waals surface area (Å²) in [5.41, 5.74) is 12.5. The Bertz CT molecular complexity index is 698. The predicted molar refractivity (Wildman–Crippen MR) is 98.8 cm³/mol. The molecule has 7 nitrogen and oxygen atoms in total. The number of methoxy groups -OCH3 is 2. The lowest BCUT2D eigenvalue weighted by Crippen LogP contribution is -2.58. The molecule has 24 heavy (non-hydrogen) atoms. The van der Waals surface area contributed by atoms with E-state index < -0.39 is 5.66 Å². The third kappa shape index (κ3) is 2.79. The smallest absolute Gasteiger partial charge is 0.220 e. The minimum Gasteiger partial charge on any atom is -0.493 e. The Morgan fingerprint density at radius 2 is 1.71 bits per heavy atom. The van der Waals surface area contributed by atoms with Crippen LogP contribution in [0.4, 0.5) is 5.69 Å². The summed E-state index contributed by atoms with van der Waals surface area (Å²) < 4.78 is 11.6. The van der Waals surface area contributed by atoms with Crippen LogP contribution in [-0.4, -0.2) is 31.8 Å². The second kappa shape index (κ2) is 6.51. The number of hydrogen-bond donors (Lipinski definition) is 2. The van der Waals surface area contributed by atoms with Crippen molar-refractivity contribution >= 4 is 33.5 Å². The fourth-order valence-corrected chi connectivity index (χ4v) is 3.98. The summed E-state index contributed by atoms with van der Waals surface area (Å²) in [6, 6.07) is 3.75. The first kappa shape index (κ1) is 16.9. The minimum atomic E-state index is -0.490. The highest BCUT2D eigenvalue weighted by Crippen LogP contribution is 2.45. The van der Waals surface area contributed by atoms with Gasteiger partial charge in [0.2, 0.25) is 11.9 Å². The molecule has 0 atom stereocenters. The molecule has 1 heterocycles. The molecule has 1 fully saturated rings. The van der Waals surface area contributed by atoms with E-state index in [1.807, 2.05) is 17.0 Å². The van der Waals surface area contributed by atoms with Gasteiger partial charge < -0.3 is 20.9 Å². The van der Waals surface area contributed by atoms with Gasteiger partial charge in [-0.05, 0) is 41.6 Å². The Balaban J connectivity index is 2.13. The first-order chi connectivity index (χ1) is 11.5. The highest BCUT2D eigenvalue weighted by atomic mass is 79.9. The van der Waals surface area contributed by atoms with Gasteiger partial charge in [-0.15, -0.1) is 0 Å². The molecule has 1 aliphatic heterocycles. The molecule has 0 radical (unpaired) electrons. The predicted octanol–water partition coefficient (Wildman–Crippen LogP) is 2.58. The van der Waals surface area contributed by atoms with Crippen molar-refractivity contribution in [3.63, 3.8) is 0 Å². The van der Waals surface area contributed by atoms with Crippen LogP contribution in [0.5, 0.6) is 11.5 Å². The summed E-state index contributed by atoms with van der Waals surface area (Å²) in [7, 11) is 3.21. The number of guanidine groups is 2. The van der Waals surface area contributed by atoms with Crippen LogP contribution >= 0.6 is 15.9 Å². The number of benzene rings is 1. The van der Waals surface area contributed by atoms with Crippen molar-refractivity contribution in [3.05, 3.63) is 16.6 Å². The number of halogens is 1. The Hall–Kier alpha value is -1.96. The van der Waals surface area contributed by atoms with E-state index in [4.69, 9.17) is 20.9 Å². The number of ether oxygens (including phenoxy) is 2. The molecule has 130 valence electrons. The van der Waals surface area contributed by atoms with Crippen molar-refractivity contribution in [2.75, 3.05) is 19.1 Å². The van der Waals surface area contributed by atoms with Gasteiger partial charge in [-0.25, -0.2) is 4.99 Å². The van der Waals surface area contributed by atoms with Gasteiger partial charge >= 0.3 is 0 Å². The van der Waals surface area contributed by atoms with E-state index in [0.717, 1.165) is 35.8 Å². The third-order valence-corrected chi connectivity index (χ3v) is 5.18. The van der Waals surface area contributed by atoms with E-state index in [0.29, 0.717) is 17.5 Å². The number of aliphatic imine (C=N–C) groups is 2. The molecule has 2 aliphatic rings. The Kier molecular flexibility index (Phi) is 4.58. The first-order valence-corrected chi connectivity index (χ1v) is 8.71. The fourth-order valence-electron chi connectivity index (χ4n) is 3.48. The number of nitrogens with two attached hydrogens (primary N) is 2. The zero-order valence-electron chi connectivity index (χ0n) is 13.9. The van der Waals surface area contributed by atoms with E-state index in [9.17, 15) is 0 Å². The van der Waals surface area contributed by atoms with Gasteiger partial charge in [0.05, 0.1) is 19.9 Å². The molecule has 4 N–H and O–H groups in total. The lowest BCUT2D eigenvalue weighted by atomic mass is 9.87. The number of hydrogen-bond acceptors (Lipinski definition) is 7. The molecule has 0 saturated heterocycles. The van der Waals surface area contributed by atoms with Crippen LogP contribution in [-0.2, 0) is 0 Å². The van der Waals surface area contributed by atoms with E-state index >= 15 is 0 Å². The van der Waals surface area contributed by atoms with Crippen LogP contribution in [0.3, 0.4) is 0 Å². The maximum atomic E-state index is 6.26. The van der Waals surface area contributed by atoms with Gasteiger partial charge in [-0.2, -0.15) is 4.99 Å². The lowest BCUT2D eigenvalue weighted by molar-refractivity contribution is 0.304. The SMILES string of the molecule is COc1cc(Br)c(N2C(N)=NC(N)=NC23CCCCC3)cc1OC. The third-order valence-electron chi connectivity index (χ3n) is 4.55. The zero-order valence-corrected chi connectivity index (χ0v) is 15.5. The Morgan fingerprint density at radius 3 is 2.33 bits per heavy atom. The van der Waals surface area contributed by atoms with Gasteiger partial charge in [0, 0.05) is 16.6 Å². The number of anilines is 1. The first-order valence-electron chi connectivity index (χ1n) is 7.92. The van der Waals surface area contributed by atoms with Gasteiger partial charge in [-0.1, -0.05) is 6.42 Å². The van der Waals surface area contributed by atoms with E-state index in [1.165, 1.54) is 6.42 Å². The number of rotatable bonds is 3. The summed E-state index contributed by atoms with van der Waals surface area (Å²) in [6.07, 6.45) is 5.10. The second-order valence-electron chi connectivity index (χ2n) is 5.98. The maximum Gasteiger partial charge on any atom is 0.220 e. The topological polar surface area (TPSA) is 98.5 Å². The average Bonchev–Trinajstić information content (AvgIpc) is 2.55. The fraction of sp³-hybridized carbons (Fsp3) is 0.500. The van der Waals surface area contributed by atoms with Gasteiger partial charge in [0.25, 0.3) is 0 Å². The van der Waals surface area contributed by atoms with Crippen LogP contribution in [0.1, 0.15) is 32.1 Å². The molecular weight excluding hydrogens is 374 g/mol. The van der Waals surface area contributed by atoms with Crippen molar-refractivity contribution in [1.82, 2.24) is 0 Å². The molecule has 1 saturated carbocycles. The molecule has 1 aromatic rings. The number of nitrogens with zero attached hydrogens (tertiary/aromatic N) is 3. The van der Waals surface area contributed by atoms with E-state index in [-0.39, 0.29) is 5.96 Å². The molecular formula is C16H22BrN5O2. The summed E-state index contributed by atoms with van der Waals surface area (Å²) in [5.74, 6) is 1.85. The monoisotopic (exact) mass is 395 g/mol. The van der Waals surface area contributed by atoms with Crippen molar-refractivity contribution in [1.29, 1.82) is 0 Å². The Labute approximate surface area is 149 Å². The molecule has 3 rings (SSSR count). The molecule has 1 aliphatic carbocycles. The van der Waals surface area contributed by atoms with Crippen LogP contribution in [0.15, 0.2) is 26.6 Å². The van der Waals surface area contributed by atoms with E-state index in [2.05, 4.69) is 25.9 Å². The molecule has 8 heteroatoms. The van der Waals surface area contributed by atoms with Crippen LogP contribution in [0.25, 0.3) is 0 Å². The van der Waals surface area contributed by atoms with Gasteiger partial charge in [0.1, 0.15) is 5.66 Å². The van der Waals surface area contributed by atoms with E-state index in [1.54, 1.807) is 14.2 Å². The minimum absolute atomic E-state index is 0.238. The quantitative estimate of drug-likeness (QED) is 0.818. The molecule has 0 aromatic heterocycles. The Morgan fingerprint density at radius 1 is 1.08 bits per heavy atom. The van der Waals surface area contributed by atoms with Crippen LogP contribution in [0, 0.1) is 0 Å². The largest absolute Gasteiger partial charge is 0.493 e. The summed E-state index contributed by atoms with van der Waals surface area (Å²) in [5, 5.41) is 0. The second-order valence-corrected chi connectivity index (χ2v) is 6.83. The molecule has 1 aromatic carbocycles. The summed E-state index contributed by atoms with van der Waals surface area (Å²) >= 11 is 3.61. The lowest BCUT2D eigenvalue weighted by Gasteiger charge is -2.46. The molecule has 0 amide bonds. The molecule has 0 bridgehead atoms. The summed E-state index contributed by atoms with van der Waals surface area (Å²) in [6.45, 7) is 0. The highest BCUT2D eigenvalue weighted by Gasteiger charge is 2.43. The van der Waals surface area contributed by atoms with Crippen molar-refractivity contribution < 1.29 is 9.47 Å². The van der Waals surface area contributed by atoms with Crippen molar-refractivity contribution in [3.8, 4) is 11.5 Å². The molecule has 1 spiro atoms. The average molecular weight is 396 g/mol. The van der Waals surface area contributed by atoms with Crippen LogP contribution in [0.2, 0.25) is 0 Å². The normalized spacial score (nSPS) is 19.7. The van der Waals surface area contributed by atoms with Crippen molar-refractivity contribution in [2.24, 2.45) is 21.5 Å². The molecule has 0 unspecified atom stereocenters. The van der Waals surface area contributed by atoms with Gasteiger partial charge in [0.15, 0.2) is 11.5 Å². The standard InChI is InChI=1S/C16H22BrN5O2/c1-23-12-8-10(17)11(9-13(12)24-2)22-15(19)20-14(18)21-16(22)6-4-3-5-7-16/h8-9H,3-7H2,1-2H3,(H4,18,19,20,21). The maximum absolute atomic E-state index is 6.26. The zero-order chi connectivity index (χ0) is 17.3. The summed E-state index contributed by atoms with van der Waals surface area (Å²) in [4.78, 5) is 10.8. The van der Waals surface area contributed by atoms with Crippen LogP contribution < -0.4 is 25.8 Å². The highest BCUT2D eigenvalue weighted by molar-refractivity contribution is 9.10. The van der Waals surface area contributed by atoms with Gasteiger partial charge in [-0.3, -0.25) is 4.90 Å². The van der Waals surface area contributed by atoms with Crippen molar-refractivity contribution in [2.45, 2.75) is 37.8 Å².